The Morgan fingerprint density at radius 3 is 3.00 bits per heavy atom. The van der Waals surface area contributed by atoms with Gasteiger partial charge in [-0.25, -0.2) is 9.89 Å². The largest absolute Gasteiger partial charge is 0.344 e. The van der Waals surface area contributed by atoms with Crippen molar-refractivity contribution in [1.29, 1.82) is 5.26 Å². The Kier molecular flexibility index (Phi) is 1.47. The van der Waals surface area contributed by atoms with Crippen molar-refractivity contribution in [3.63, 3.8) is 0 Å². The van der Waals surface area contributed by atoms with Crippen molar-refractivity contribution in [3.8, 4) is 6.07 Å². The number of H-pyrrole nitrogens is 1. The first-order valence-corrected chi connectivity index (χ1v) is 3.84. The van der Waals surface area contributed by atoms with Gasteiger partial charge in [-0.15, -0.1) is 0 Å². The molecule has 0 spiro atoms. The Balaban J connectivity index is 2.34. The zero-order valence-electron chi connectivity index (χ0n) is 6.40. The van der Waals surface area contributed by atoms with Crippen LogP contribution in [0.3, 0.4) is 0 Å². The molecule has 1 heterocycles. The van der Waals surface area contributed by atoms with Crippen LogP contribution in [0.15, 0.2) is 11.1 Å². The Morgan fingerprint density at radius 1 is 1.83 bits per heavy atom. The summed E-state index contributed by atoms with van der Waals surface area (Å²) in [5.41, 5.74) is -0.298. The minimum Gasteiger partial charge on any atom is -0.265 e. The van der Waals surface area contributed by atoms with E-state index in [-0.39, 0.29) is 11.7 Å². The van der Waals surface area contributed by atoms with Crippen LogP contribution in [0.5, 0.6) is 0 Å². The van der Waals surface area contributed by atoms with E-state index in [2.05, 4.69) is 16.3 Å². The molecular formula is C7H8N4O. The maximum Gasteiger partial charge on any atom is 0.344 e. The third-order valence-electron chi connectivity index (χ3n) is 2.08. The third kappa shape index (κ3) is 1.01. The van der Waals surface area contributed by atoms with Gasteiger partial charge in [-0.3, -0.25) is 4.57 Å². The van der Waals surface area contributed by atoms with E-state index in [1.54, 1.807) is 0 Å². The number of nitrogens with zero attached hydrogens (tertiary/aromatic N) is 3. The monoisotopic (exact) mass is 164 g/mol. The van der Waals surface area contributed by atoms with Gasteiger partial charge in [0.05, 0.1) is 6.07 Å². The van der Waals surface area contributed by atoms with E-state index in [4.69, 9.17) is 5.26 Å². The van der Waals surface area contributed by atoms with E-state index >= 15 is 0 Å². The van der Waals surface area contributed by atoms with Crippen molar-refractivity contribution in [1.82, 2.24) is 14.8 Å². The first-order valence-electron chi connectivity index (χ1n) is 3.84. The van der Waals surface area contributed by atoms with Gasteiger partial charge in [0.15, 0.2) is 0 Å². The van der Waals surface area contributed by atoms with Crippen LogP contribution in [0, 0.1) is 17.2 Å². The Morgan fingerprint density at radius 2 is 2.58 bits per heavy atom. The Hall–Kier alpha value is -1.57. The number of nitriles is 1. The second kappa shape index (κ2) is 2.48. The highest BCUT2D eigenvalue weighted by Crippen LogP contribution is 2.38. The molecule has 0 bridgehead atoms. The highest BCUT2D eigenvalue weighted by atomic mass is 16.1. The van der Waals surface area contributed by atoms with Crippen LogP contribution >= 0.6 is 0 Å². The summed E-state index contributed by atoms with van der Waals surface area (Å²) < 4.78 is 1.36. The van der Waals surface area contributed by atoms with Crippen molar-refractivity contribution in [2.75, 3.05) is 0 Å². The molecule has 1 unspecified atom stereocenters. The lowest BCUT2D eigenvalue weighted by molar-refractivity contribution is 0.533. The van der Waals surface area contributed by atoms with Gasteiger partial charge < -0.3 is 0 Å². The summed E-state index contributed by atoms with van der Waals surface area (Å²) in [7, 11) is 0. The molecule has 62 valence electrons. The molecule has 5 nitrogen and oxygen atoms in total. The number of rotatable bonds is 2. The molecule has 0 radical (unpaired) electrons. The first kappa shape index (κ1) is 7.10. The number of hydrogen-bond acceptors (Lipinski definition) is 3. The van der Waals surface area contributed by atoms with Gasteiger partial charge in [-0.2, -0.15) is 10.4 Å². The molecule has 2 rings (SSSR count). The predicted octanol–water partition coefficient (Wildman–Crippen LogP) is 0.0461. The summed E-state index contributed by atoms with van der Waals surface area (Å²) >= 11 is 0. The van der Waals surface area contributed by atoms with Crippen LogP contribution in [0.4, 0.5) is 0 Å². The van der Waals surface area contributed by atoms with E-state index in [1.807, 2.05) is 0 Å². The molecule has 5 heteroatoms. The molecule has 1 fully saturated rings. The summed E-state index contributed by atoms with van der Waals surface area (Å²) in [5, 5.41) is 14.6. The first-order chi connectivity index (χ1) is 5.83. The molecule has 1 N–H and O–H groups in total. The van der Waals surface area contributed by atoms with E-state index in [1.165, 1.54) is 10.9 Å². The fourth-order valence-corrected chi connectivity index (χ4v) is 1.26. The second-order valence-electron chi connectivity index (χ2n) is 2.98. The fraction of sp³-hybridized carbons (Fsp3) is 0.571. The second-order valence-corrected chi connectivity index (χ2v) is 2.98. The quantitative estimate of drug-likeness (QED) is 0.670. The molecular weight excluding hydrogens is 156 g/mol. The normalized spacial score (nSPS) is 18.6. The zero-order valence-corrected chi connectivity index (χ0v) is 6.40. The highest BCUT2D eigenvalue weighted by molar-refractivity contribution is 4.99. The summed E-state index contributed by atoms with van der Waals surface area (Å²) in [4.78, 5) is 11.0. The van der Waals surface area contributed by atoms with Crippen molar-refractivity contribution in [2.24, 2.45) is 5.92 Å². The minimum atomic E-state index is -0.323. The summed E-state index contributed by atoms with van der Waals surface area (Å²) in [5.74, 6) is 0.352. The molecule has 0 saturated heterocycles. The molecule has 0 aromatic carbocycles. The van der Waals surface area contributed by atoms with Gasteiger partial charge in [0.2, 0.25) is 0 Å². The van der Waals surface area contributed by atoms with Gasteiger partial charge >= 0.3 is 5.69 Å². The SMILES string of the molecule is N#CC(C1CC1)n1cn[nH]c1=O. The van der Waals surface area contributed by atoms with Crippen LogP contribution in [-0.4, -0.2) is 14.8 Å². The molecule has 1 aromatic heterocycles. The lowest BCUT2D eigenvalue weighted by Crippen LogP contribution is -2.21. The van der Waals surface area contributed by atoms with Crippen LogP contribution < -0.4 is 5.69 Å². The number of nitrogens with one attached hydrogen (secondary N) is 1. The fourth-order valence-electron chi connectivity index (χ4n) is 1.26. The van der Waals surface area contributed by atoms with Crippen molar-refractivity contribution < 1.29 is 0 Å². The average Bonchev–Trinajstić information content (AvgIpc) is 2.80. The highest BCUT2D eigenvalue weighted by Gasteiger charge is 2.33. The van der Waals surface area contributed by atoms with E-state index in [0.717, 1.165) is 12.8 Å². The van der Waals surface area contributed by atoms with Crippen molar-refractivity contribution >= 4 is 0 Å². The molecule has 0 amide bonds. The lowest BCUT2D eigenvalue weighted by Gasteiger charge is -2.04. The smallest absolute Gasteiger partial charge is 0.265 e. The van der Waals surface area contributed by atoms with Crippen LogP contribution in [0.1, 0.15) is 18.9 Å². The molecule has 1 saturated carbocycles. The number of aromatic amines is 1. The Bertz CT molecular complexity index is 367. The van der Waals surface area contributed by atoms with Gasteiger partial charge in [0, 0.05) is 0 Å². The topological polar surface area (TPSA) is 74.5 Å². The van der Waals surface area contributed by atoms with E-state index in [0.29, 0.717) is 5.92 Å². The summed E-state index contributed by atoms with van der Waals surface area (Å²) in [6.07, 6.45) is 3.46. The lowest BCUT2D eigenvalue weighted by atomic mass is 10.2. The molecule has 1 atom stereocenters. The minimum absolute atomic E-state index is 0.298. The van der Waals surface area contributed by atoms with E-state index < -0.39 is 0 Å². The van der Waals surface area contributed by atoms with Crippen LogP contribution in [0.25, 0.3) is 0 Å². The standard InChI is InChI=1S/C7H8N4O/c8-3-6(5-1-2-5)11-4-9-10-7(11)12/h4-6H,1-2H2,(H,10,12). The molecule has 0 aliphatic heterocycles. The Labute approximate surface area is 68.6 Å². The van der Waals surface area contributed by atoms with E-state index in [9.17, 15) is 4.79 Å². The average molecular weight is 164 g/mol. The summed E-state index contributed by atoms with van der Waals surface area (Å²) in [6.45, 7) is 0. The molecule has 1 aromatic rings. The third-order valence-corrected chi connectivity index (χ3v) is 2.08. The zero-order chi connectivity index (χ0) is 8.55. The summed E-state index contributed by atoms with van der Waals surface area (Å²) in [6, 6.07) is 1.79. The number of aromatic nitrogens is 3. The molecule has 1 aliphatic carbocycles. The van der Waals surface area contributed by atoms with Crippen molar-refractivity contribution in [3.05, 3.63) is 16.8 Å². The maximum atomic E-state index is 11.0. The number of hydrogen-bond donors (Lipinski definition) is 1. The predicted molar refractivity (Wildman–Crippen MR) is 40.2 cm³/mol. The van der Waals surface area contributed by atoms with Crippen LogP contribution in [0.2, 0.25) is 0 Å². The van der Waals surface area contributed by atoms with Gasteiger partial charge in [0.25, 0.3) is 0 Å². The van der Waals surface area contributed by atoms with Gasteiger partial charge in [-0.1, -0.05) is 0 Å². The molecule has 12 heavy (non-hydrogen) atoms. The van der Waals surface area contributed by atoms with Crippen LogP contribution in [-0.2, 0) is 0 Å². The van der Waals surface area contributed by atoms with Gasteiger partial charge in [-0.05, 0) is 18.8 Å². The van der Waals surface area contributed by atoms with Crippen molar-refractivity contribution in [2.45, 2.75) is 18.9 Å². The van der Waals surface area contributed by atoms with Gasteiger partial charge in [0.1, 0.15) is 12.4 Å². The maximum absolute atomic E-state index is 11.0. The molecule has 1 aliphatic rings.